The summed E-state index contributed by atoms with van der Waals surface area (Å²) in [5.74, 6) is 0.453. The summed E-state index contributed by atoms with van der Waals surface area (Å²) < 4.78 is 2.22. The summed E-state index contributed by atoms with van der Waals surface area (Å²) in [6, 6.07) is 21.5. The van der Waals surface area contributed by atoms with Gasteiger partial charge in [-0.25, -0.2) is 0 Å². The number of hydrogen-bond acceptors (Lipinski definition) is 1. The van der Waals surface area contributed by atoms with E-state index in [-0.39, 0.29) is 0 Å². The molecule has 120 valence electrons. The second-order valence-electron chi connectivity index (χ2n) is 5.97. The molecule has 4 heteroatoms. The fraction of sp³-hybridized carbons (Fsp3) is 0.316. The molecule has 0 amide bonds. The molecule has 0 aliphatic carbocycles. The smallest absolute Gasteiger partial charge is 0.291 e. The number of nitrogens with zero attached hydrogens (tertiary/aromatic N) is 1. The molecule has 0 saturated carbocycles. The summed E-state index contributed by atoms with van der Waals surface area (Å²) in [5.41, 5.74) is 13.4. The lowest BCUT2D eigenvalue weighted by Crippen LogP contribution is -2.41. The van der Waals surface area contributed by atoms with Gasteiger partial charge in [-0.15, -0.1) is 0 Å². The lowest BCUT2D eigenvalue weighted by atomic mass is 10.0. The van der Waals surface area contributed by atoms with Crippen molar-refractivity contribution in [2.45, 2.75) is 42.0 Å². The minimum atomic E-state index is 0.336. The number of nitrogens with two attached hydrogens (primary N) is 2. The molecule has 0 aromatic heterocycles. The zero-order valence-electron chi connectivity index (χ0n) is 13.3. The fourth-order valence-electron chi connectivity index (χ4n) is 3.26. The molecule has 3 nitrogen and oxygen atoms in total. The Labute approximate surface area is 142 Å². The Kier molecular flexibility index (Phi) is 5.23. The van der Waals surface area contributed by atoms with Crippen LogP contribution in [0.4, 0.5) is 0 Å². The Hall–Kier alpha value is -1.94. The Morgan fingerprint density at radius 3 is 2.26 bits per heavy atom. The van der Waals surface area contributed by atoms with Gasteiger partial charge in [0.25, 0.3) is 0 Å². The molecular formula is C19H24N3S+. The summed E-state index contributed by atoms with van der Waals surface area (Å²) in [4.78, 5) is 1.27. The van der Waals surface area contributed by atoms with Crippen molar-refractivity contribution >= 4 is 17.7 Å². The minimum Gasteiger partial charge on any atom is -0.291 e. The predicted molar refractivity (Wildman–Crippen MR) is 97.5 cm³/mol. The molecular weight excluding hydrogens is 302 g/mol. The van der Waals surface area contributed by atoms with E-state index >= 15 is 0 Å². The van der Waals surface area contributed by atoms with Gasteiger partial charge in [-0.05, 0) is 43.4 Å². The number of hydrogen-bond donors (Lipinski definition) is 2. The summed E-state index contributed by atoms with van der Waals surface area (Å²) in [5, 5.41) is 0.336. The number of guanidine groups is 1. The molecule has 2 aromatic carbocycles. The van der Waals surface area contributed by atoms with Crippen molar-refractivity contribution in [3.05, 3.63) is 66.2 Å². The highest BCUT2D eigenvalue weighted by atomic mass is 32.2. The average molecular weight is 326 g/mol. The van der Waals surface area contributed by atoms with Crippen LogP contribution in [-0.2, 0) is 6.42 Å². The number of aryl methyl sites for hydroxylation is 1. The highest BCUT2D eigenvalue weighted by molar-refractivity contribution is 7.99. The first-order valence-electron chi connectivity index (χ1n) is 8.16. The molecule has 0 radical (unpaired) electrons. The topological polar surface area (TPSA) is 55.0 Å². The summed E-state index contributed by atoms with van der Waals surface area (Å²) in [7, 11) is 0. The Bertz CT molecular complexity index is 651. The van der Waals surface area contributed by atoms with E-state index in [9.17, 15) is 0 Å². The molecule has 1 aliphatic heterocycles. The zero-order chi connectivity index (χ0) is 16.1. The first-order chi connectivity index (χ1) is 11.2. The lowest BCUT2D eigenvalue weighted by Gasteiger charge is -2.18. The monoisotopic (exact) mass is 326 g/mol. The van der Waals surface area contributed by atoms with E-state index in [1.807, 2.05) is 17.8 Å². The molecule has 1 aliphatic rings. The lowest BCUT2D eigenvalue weighted by molar-refractivity contribution is -0.559. The van der Waals surface area contributed by atoms with Crippen molar-refractivity contribution < 1.29 is 4.58 Å². The third-order valence-corrected chi connectivity index (χ3v) is 5.65. The van der Waals surface area contributed by atoms with E-state index in [0.717, 1.165) is 25.7 Å². The molecule has 2 atom stereocenters. The van der Waals surface area contributed by atoms with Crippen LogP contribution in [0.25, 0.3) is 0 Å². The molecule has 2 aromatic rings. The summed E-state index contributed by atoms with van der Waals surface area (Å²) in [6.45, 7) is 0. The first-order valence-corrected chi connectivity index (χ1v) is 9.04. The molecule has 0 bridgehead atoms. The van der Waals surface area contributed by atoms with Crippen LogP contribution in [0.1, 0.15) is 24.8 Å². The van der Waals surface area contributed by atoms with Crippen molar-refractivity contribution in [3.63, 3.8) is 0 Å². The molecule has 1 heterocycles. The second-order valence-corrected chi connectivity index (χ2v) is 7.22. The quantitative estimate of drug-likeness (QED) is 0.655. The van der Waals surface area contributed by atoms with Crippen LogP contribution in [0.15, 0.2) is 65.6 Å². The van der Waals surface area contributed by atoms with Gasteiger partial charge in [-0.3, -0.25) is 16.0 Å². The van der Waals surface area contributed by atoms with E-state index in [2.05, 4.69) is 59.2 Å². The highest BCUT2D eigenvalue weighted by Crippen LogP contribution is 2.34. The van der Waals surface area contributed by atoms with Crippen molar-refractivity contribution in [2.24, 2.45) is 11.5 Å². The van der Waals surface area contributed by atoms with Gasteiger partial charge in [-0.2, -0.15) is 0 Å². The normalized spacial score (nSPS) is 20.6. The van der Waals surface area contributed by atoms with Gasteiger partial charge < -0.3 is 0 Å². The molecule has 0 spiro atoms. The van der Waals surface area contributed by atoms with Gasteiger partial charge in [0.2, 0.25) is 0 Å². The number of benzene rings is 2. The summed E-state index contributed by atoms with van der Waals surface area (Å²) in [6.07, 6.45) is 4.43. The maximum Gasteiger partial charge on any atom is 0.342 e. The first kappa shape index (κ1) is 15.9. The third kappa shape index (κ3) is 4.08. The molecule has 3 rings (SSSR count). The van der Waals surface area contributed by atoms with Crippen LogP contribution in [0.2, 0.25) is 0 Å². The van der Waals surface area contributed by atoms with Gasteiger partial charge in [0.15, 0.2) is 0 Å². The van der Waals surface area contributed by atoms with Crippen molar-refractivity contribution in [2.75, 3.05) is 0 Å². The van der Waals surface area contributed by atoms with Crippen LogP contribution in [0.3, 0.4) is 0 Å². The second kappa shape index (κ2) is 7.55. The van der Waals surface area contributed by atoms with Crippen molar-refractivity contribution in [1.29, 1.82) is 0 Å². The van der Waals surface area contributed by atoms with Gasteiger partial charge >= 0.3 is 5.96 Å². The van der Waals surface area contributed by atoms with Crippen LogP contribution < -0.4 is 11.5 Å². The number of thioether (sulfide) groups is 1. The van der Waals surface area contributed by atoms with E-state index in [1.165, 1.54) is 10.5 Å². The van der Waals surface area contributed by atoms with Crippen LogP contribution in [0.5, 0.6) is 0 Å². The van der Waals surface area contributed by atoms with E-state index in [1.54, 1.807) is 0 Å². The van der Waals surface area contributed by atoms with Gasteiger partial charge in [0.05, 0.1) is 6.04 Å². The molecule has 1 fully saturated rings. The molecule has 2 unspecified atom stereocenters. The Balaban J connectivity index is 1.67. The fourth-order valence-corrected chi connectivity index (χ4v) is 4.55. The van der Waals surface area contributed by atoms with Crippen LogP contribution in [-0.4, -0.2) is 22.0 Å². The maximum absolute atomic E-state index is 6.01. The average Bonchev–Trinajstić information content (AvgIpc) is 2.98. The predicted octanol–water partition coefficient (Wildman–Crippen LogP) is 3.19. The Morgan fingerprint density at radius 1 is 0.957 bits per heavy atom. The van der Waals surface area contributed by atoms with Gasteiger partial charge in [0.1, 0.15) is 5.37 Å². The summed E-state index contributed by atoms with van der Waals surface area (Å²) >= 11 is 1.86. The van der Waals surface area contributed by atoms with Crippen LogP contribution >= 0.6 is 11.8 Å². The standard InChI is InChI=1S/C19H23N3S/c20-19(21)22-16(12-11-15-7-3-1-4-8-15)13-14-18(22)23-17-9-5-2-6-10-17/h1-10,16,18H,11-14H2,(H3,20,21)/p+1. The van der Waals surface area contributed by atoms with Crippen molar-refractivity contribution in [3.8, 4) is 0 Å². The van der Waals surface area contributed by atoms with Crippen LogP contribution in [0, 0.1) is 0 Å². The molecule has 23 heavy (non-hydrogen) atoms. The van der Waals surface area contributed by atoms with Crippen molar-refractivity contribution in [1.82, 2.24) is 0 Å². The van der Waals surface area contributed by atoms with E-state index < -0.39 is 0 Å². The Morgan fingerprint density at radius 2 is 1.61 bits per heavy atom. The van der Waals surface area contributed by atoms with Gasteiger partial charge in [-0.1, -0.05) is 60.3 Å². The molecule has 1 saturated heterocycles. The molecule has 4 N–H and O–H groups in total. The van der Waals surface area contributed by atoms with E-state index in [4.69, 9.17) is 11.5 Å². The maximum atomic E-state index is 6.01. The van der Waals surface area contributed by atoms with E-state index in [0.29, 0.717) is 17.4 Å². The zero-order valence-corrected chi connectivity index (χ0v) is 14.1. The largest absolute Gasteiger partial charge is 0.342 e. The third-order valence-electron chi connectivity index (χ3n) is 4.37. The SMILES string of the molecule is NC(N)=[N+]1C(CCc2ccccc2)CCC1Sc1ccccc1. The minimum absolute atomic E-state index is 0.336. The number of rotatable bonds is 5. The highest BCUT2D eigenvalue weighted by Gasteiger charge is 2.34. The van der Waals surface area contributed by atoms with Gasteiger partial charge in [0, 0.05) is 4.90 Å².